The van der Waals surface area contributed by atoms with Gasteiger partial charge in [0.1, 0.15) is 0 Å². The Kier molecular flexibility index (Phi) is 11.6. The van der Waals surface area contributed by atoms with E-state index in [1.54, 1.807) is 6.08 Å². The maximum absolute atomic E-state index is 8.34. The Balaban J connectivity index is 3.11. The number of hydrogen-bond donors (Lipinski definition) is 0. The normalized spacial score (nSPS) is 10.9. The van der Waals surface area contributed by atoms with Crippen molar-refractivity contribution < 1.29 is 0 Å². The lowest BCUT2D eigenvalue weighted by Crippen LogP contribution is -1.77. The molecular formula is C14H21N. The van der Waals surface area contributed by atoms with Crippen LogP contribution in [0.2, 0.25) is 0 Å². The van der Waals surface area contributed by atoms with Crippen molar-refractivity contribution in [2.24, 2.45) is 0 Å². The van der Waals surface area contributed by atoms with Crippen LogP contribution < -0.4 is 0 Å². The summed E-state index contributed by atoms with van der Waals surface area (Å²) in [7, 11) is 0. The maximum Gasteiger partial charge on any atom is 0.0621 e. The van der Waals surface area contributed by atoms with Gasteiger partial charge < -0.3 is 0 Å². The summed E-state index contributed by atoms with van der Waals surface area (Å²) < 4.78 is 0. The van der Waals surface area contributed by atoms with E-state index in [4.69, 9.17) is 5.26 Å². The van der Waals surface area contributed by atoms with Crippen LogP contribution in [0.1, 0.15) is 44.9 Å². The molecule has 0 rings (SSSR count). The van der Waals surface area contributed by atoms with Gasteiger partial charge in [0.15, 0.2) is 0 Å². The van der Waals surface area contributed by atoms with Crippen molar-refractivity contribution >= 4 is 0 Å². The quantitative estimate of drug-likeness (QED) is 0.398. The average molecular weight is 203 g/mol. The molecule has 0 N–H and O–H groups in total. The van der Waals surface area contributed by atoms with Crippen LogP contribution in [0.25, 0.3) is 0 Å². The highest BCUT2D eigenvalue weighted by atomic mass is 14.2. The summed E-state index contributed by atoms with van der Waals surface area (Å²) >= 11 is 0. The van der Waals surface area contributed by atoms with Gasteiger partial charge in [-0.25, -0.2) is 0 Å². The molecule has 0 aliphatic heterocycles. The molecule has 0 bridgehead atoms. The molecule has 0 radical (unpaired) electrons. The van der Waals surface area contributed by atoms with Crippen molar-refractivity contribution in [2.45, 2.75) is 44.9 Å². The van der Waals surface area contributed by atoms with E-state index in [1.807, 2.05) is 12.2 Å². The Morgan fingerprint density at radius 2 is 1.67 bits per heavy atom. The monoisotopic (exact) mass is 203 g/mol. The fourth-order valence-electron chi connectivity index (χ4n) is 1.31. The number of rotatable bonds is 9. The van der Waals surface area contributed by atoms with E-state index in [9.17, 15) is 0 Å². The van der Waals surface area contributed by atoms with E-state index in [1.165, 1.54) is 25.7 Å². The second kappa shape index (κ2) is 12.7. The van der Waals surface area contributed by atoms with Gasteiger partial charge in [-0.05, 0) is 19.3 Å². The first-order chi connectivity index (χ1) is 7.41. The molecule has 15 heavy (non-hydrogen) atoms. The van der Waals surface area contributed by atoms with E-state index in [0.717, 1.165) is 12.8 Å². The van der Waals surface area contributed by atoms with Crippen molar-refractivity contribution in [3.63, 3.8) is 0 Å². The lowest BCUT2D eigenvalue weighted by atomic mass is 10.1. The van der Waals surface area contributed by atoms with Crippen LogP contribution >= 0.6 is 0 Å². The van der Waals surface area contributed by atoms with Crippen LogP contribution in [0.15, 0.2) is 37.0 Å². The Hall–Kier alpha value is -1.29. The van der Waals surface area contributed by atoms with Crippen LogP contribution in [-0.4, -0.2) is 0 Å². The maximum atomic E-state index is 8.34. The predicted molar refractivity (Wildman–Crippen MR) is 66.4 cm³/mol. The van der Waals surface area contributed by atoms with Crippen molar-refractivity contribution in [2.75, 3.05) is 0 Å². The van der Waals surface area contributed by atoms with Gasteiger partial charge in [0.05, 0.1) is 6.07 Å². The van der Waals surface area contributed by atoms with Gasteiger partial charge in [-0.15, -0.1) is 0 Å². The van der Waals surface area contributed by atoms with Gasteiger partial charge in [0, 0.05) is 6.42 Å². The highest BCUT2D eigenvalue weighted by Gasteiger charge is 1.88. The Morgan fingerprint density at radius 1 is 0.933 bits per heavy atom. The number of allylic oxidation sites excluding steroid dienone is 5. The highest BCUT2D eigenvalue weighted by molar-refractivity contribution is 5.08. The van der Waals surface area contributed by atoms with Crippen LogP contribution in [-0.2, 0) is 0 Å². The molecular weight excluding hydrogens is 182 g/mol. The summed E-state index contributed by atoms with van der Waals surface area (Å²) in [5.74, 6) is 0. The van der Waals surface area contributed by atoms with Crippen LogP contribution in [0, 0.1) is 11.3 Å². The summed E-state index contributed by atoms with van der Waals surface area (Å²) in [4.78, 5) is 0. The van der Waals surface area contributed by atoms with Gasteiger partial charge in [0.25, 0.3) is 0 Å². The Labute approximate surface area is 93.8 Å². The molecule has 0 spiro atoms. The van der Waals surface area contributed by atoms with Gasteiger partial charge in [-0.3, -0.25) is 0 Å². The van der Waals surface area contributed by atoms with E-state index in [0.29, 0.717) is 6.42 Å². The van der Waals surface area contributed by atoms with Gasteiger partial charge in [0.2, 0.25) is 0 Å². The zero-order valence-corrected chi connectivity index (χ0v) is 9.49. The molecule has 0 atom stereocenters. The van der Waals surface area contributed by atoms with Crippen LogP contribution in [0.4, 0.5) is 0 Å². The van der Waals surface area contributed by atoms with Crippen molar-refractivity contribution in [3.8, 4) is 6.07 Å². The molecule has 1 nitrogen and oxygen atoms in total. The smallest absolute Gasteiger partial charge is 0.0621 e. The Bertz CT molecular complexity index is 230. The number of hydrogen-bond acceptors (Lipinski definition) is 1. The lowest BCUT2D eigenvalue weighted by molar-refractivity contribution is 0.624. The van der Waals surface area contributed by atoms with Crippen LogP contribution in [0.5, 0.6) is 0 Å². The zero-order valence-electron chi connectivity index (χ0n) is 9.49. The second-order valence-corrected chi connectivity index (χ2v) is 3.51. The summed E-state index contributed by atoms with van der Waals surface area (Å²) in [6.07, 6.45) is 17.9. The molecule has 0 fully saturated rings. The summed E-state index contributed by atoms with van der Waals surface area (Å²) in [5, 5.41) is 8.34. The summed E-state index contributed by atoms with van der Waals surface area (Å²) in [5.41, 5.74) is 0. The first-order valence-electron chi connectivity index (χ1n) is 5.73. The van der Waals surface area contributed by atoms with Crippen molar-refractivity contribution in [1.29, 1.82) is 5.26 Å². The molecule has 0 aliphatic rings. The molecule has 0 unspecified atom stereocenters. The average Bonchev–Trinajstić information content (AvgIpc) is 2.26. The van der Waals surface area contributed by atoms with E-state index < -0.39 is 0 Å². The molecule has 0 aromatic carbocycles. The van der Waals surface area contributed by atoms with Gasteiger partial charge >= 0.3 is 0 Å². The minimum Gasteiger partial charge on any atom is -0.198 e. The Morgan fingerprint density at radius 3 is 2.40 bits per heavy atom. The molecule has 82 valence electrons. The SMILES string of the molecule is C=C/C=C/C=C/CCCCCCCC#N. The molecule has 0 saturated heterocycles. The molecule has 1 heteroatoms. The van der Waals surface area contributed by atoms with Crippen molar-refractivity contribution in [1.82, 2.24) is 0 Å². The van der Waals surface area contributed by atoms with Gasteiger partial charge in [-0.2, -0.15) is 5.26 Å². The van der Waals surface area contributed by atoms with Crippen LogP contribution in [0.3, 0.4) is 0 Å². The van der Waals surface area contributed by atoms with Gasteiger partial charge in [-0.1, -0.05) is 56.2 Å². The third-order valence-electron chi connectivity index (χ3n) is 2.15. The first-order valence-corrected chi connectivity index (χ1v) is 5.73. The standard InChI is InChI=1S/C14H21N/c1-2-3-4-5-6-7-8-9-10-11-12-13-14-15/h2-6H,1,7-13H2/b4-3+,6-5+. The first kappa shape index (κ1) is 13.7. The molecule has 0 amide bonds. The predicted octanol–water partition coefficient (Wildman–Crippen LogP) is 4.54. The lowest BCUT2D eigenvalue weighted by Gasteiger charge is -1.96. The number of unbranched alkanes of at least 4 members (excludes halogenated alkanes) is 6. The third-order valence-corrected chi connectivity index (χ3v) is 2.15. The number of nitriles is 1. The van der Waals surface area contributed by atoms with E-state index in [2.05, 4.69) is 24.8 Å². The minimum absolute atomic E-state index is 0.715. The molecule has 0 aromatic heterocycles. The van der Waals surface area contributed by atoms with E-state index in [-0.39, 0.29) is 0 Å². The zero-order chi connectivity index (χ0) is 11.2. The molecule has 0 heterocycles. The third kappa shape index (κ3) is 12.7. The fraction of sp³-hybridized carbons (Fsp3) is 0.500. The number of nitrogens with zero attached hydrogens (tertiary/aromatic N) is 1. The molecule has 0 saturated carbocycles. The van der Waals surface area contributed by atoms with Crippen molar-refractivity contribution in [3.05, 3.63) is 37.0 Å². The largest absolute Gasteiger partial charge is 0.198 e. The summed E-state index contributed by atoms with van der Waals surface area (Å²) in [6, 6.07) is 2.17. The molecule has 0 aromatic rings. The molecule has 0 aliphatic carbocycles. The summed E-state index contributed by atoms with van der Waals surface area (Å²) in [6.45, 7) is 3.60. The minimum atomic E-state index is 0.715. The second-order valence-electron chi connectivity index (χ2n) is 3.51. The fourth-order valence-corrected chi connectivity index (χ4v) is 1.31. The van der Waals surface area contributed by atoms with E-state index >= 15 is 0 Å². The highest BCUT2D eigenvalue weighted by Crippen LogP contribution is 2.07. The topological polar surface area (TPSA) is 23.8 Å².